The number of benzene rings is 1. The summed E-state index contributed by atoms with van der Waals surface area (Å²) in [6.07, 6.45) is 0. The minimum Gasteiger partial charge on any atom is -0.383 e. The zero-order chi connectivity index (χ0) is 15.6. The molecule has 0 aliphatic heterocycles. The van der Waals surface area contributed by atoms with Gasteiger partial charge < -0.3 is 5.32 Å². The van der Waals surface area contributed by atoms with Gasteiger partial charge in [0.1, 0.15) is 17.3 Å². The van der Waals surface area contributed by atoms with Crippen molar-refractivity contribution in [3.05, 3.63) is 40.7 Å². The van der Waals surface area contributed by atoms with Crippen LogP contribution in [0.3, 0.4) is 0 Å². The van der Waals surface area contributed by atoms with E-state index in [4.69, 9.17) is 0 Å². The third-order valence-corrected chi connectivity index (χ3v) is 2.87. The van der Waals surface area contributed by atoms with Gasteiger partial charge in [-0.2, -0.15) is 5.10 Å². The maximum atomic E-state index is 13.6. The lowest BCUT2D eigenvalue weighted by Gasteiger charge is -2.08. The number of aryl methyl sites for hydroxylation is 2. The molecule has 1 amide bonds. The molecule has 0 bridgehead atoms. The van der Waals surface area contributed by atoms with Gasteiger partial charge in [0, 0.05) is 12.6 Å². The molecule has 1 aromatic heterocycles. The summed E-state index contributed by atoms with van der Waals surface area (Å²) in [5.74, 6) is -2.47. The Hall–Kier alpha value is -2.64. The SMILES string of the molecule is CNc1c(F)cc(C(=O)Nc2nnc(C)c(C)n2)cc1F. The summed E-state index contributed by atoms with van der Waals surface area (Å²) in [6, 6.07) is 1.86. The van der Waals surface area contributed by atoms with Gasteiger partial charge in [-0.3, -0.25) is 10.1 Å². The standard InChI is InChI=1S/C13H13F2N5O/c1-6-7(2)19-20-13(17-6)18-12(21)8-4-9(14)11(16-3)10(15)5-8/h4-5,16H,1-3H3,(H,17,18,20,21). The van der Waals surface area contributed by atoms with Crippen molar-refractivity contribution in [3.8, 4) is 0 Å². The zero-order valence-corrected chi connectivity index (χ0v) is 11.7. The molecule has 21 heavy (non-hydrogen) atoms. The lowest BCUT2D eigenvalue weighted by atomic mass is 10.1. The number of carbonyl (C=O) groups is 1. The molecular weight excluding hydrogens is 280 g/mol. The van der Waals surface area contributed by atoms with Gasteiger partial charge in [0.2, 0.25) is 5.95 Å². The number of aromatic nitrogens is 3. The molecule has 0 spiro atoms. The number of nitrogens with zero attached hydrogens (tertiary/aromatic N) is 3. The lowest BCUT2D eigenvalue weighted by molar-refractivity contribution is 0.102. The summed E-state index contributed by atoms with van der Waals surface area (Å²) >= 11 is 0. The van der Waals surface area contributed by atoms with E-state index >= 15 is 0 Å². The third kappa shape index (κ3) is 3.10. The van der Waals surface area contributed by atoms with E-state index in [1.54, 1.807) is 13.8 Å². The fraction of sp³-hybridized carbons (Fsp3) is 0.231. The van der Waals surface area contributed by atoms with Crippen LogP contribution >= 0.6 is 0 Å². The molecule has 2 aromatic rings. The molecule has 1 aromatic carbocycles. The second-order valence-electron chi connectivity index (χ2n) is 4.33. The number of anilines is 2. The monoisotopic (exact) mass is 293 g/mol. The van der Waals surface area contributed by atoms with Crippen LogP contribution in [0, 0.1) is 25.5 Å². The largest absolute Gasteiger partial charge is 0.383 e. The maximum absolute atomic E-state index is 13.6. The average Bonchev–Trinajstić information content (AvgIpc) is 2.42. The summed E-state index contributed by atoms with van der Waals surface area (Å²) in [7, 11) is 1.38. The van der Waals surface area contributed by atoms with Gasteiger partial charge in [0.25, 0.3) is 5.91 Å². The van der Waals surface area contributed by atoms with Gasteiger partial charge in [-0.15, -0.1) is 5.10 Å². The number of halogens is 2. The van der Waals surface area contributed by atoms with Crippen LogP contribution < -0.4 is 10.6 Å². The van der Waals surface area contributed by atoms with E-state index < -0.39 is 17.5 Å². The molecule has 8 heteroatoms. The highest BCUT2D eigenvalue weighted by atomic mass is 19.1. The molecule has 110 valence electrons. The zero-order valence-electron chi connectivity index (χ0n) is 11.7. The fourth-order valence-electron chi connectivity index (χ4n) is 1.63. The third-order valence-electron chi connectivity index (χ3n) is 2.87. The number of nitrogens with one attached hydrogen (secondary N) is 2. The van der Waals surface area contributed by atoms with Gasteiger partial charge in [0.05, 0.1) is 11.4 Å². The number of hydrogen-bond donors (Lipinski definition) is 2. The van der Waals surface area contributed by atoms with Crippen molar-refractivity contribution >= 4 is 17.5 Å². The Labute approximate surface area is 119 Å². The van der Waals surface area contributed by atoms with E-state index in [1.165, 1.54) is 7.05 Å². The minimum absolute atomic E-state index is 0.0263. The van der Waals surface area contributed by atoms with Crippen LogP contribution in [-0.2, 0) is 0 Å². The predicted molar refractivity (Wildman–Crippen MR) is 73.2 cm³/mol. The van der Waals surface area contributed by atoms with Crippen molar-refractivity contribution in [1.82, 2.24) is 15.2 Å². The normalized spacial score (nSPS) is 10.3. The molecule has 0 atom stereocenters. The molecule has 6 nitrogen and oxygen atoms in total. The van der Waals surface area contributed by atoms with E-state index in [1.807, 2.05) is 0 Å². The summed E-state index contributed by atoms with van der Waals surface area (Å²) in [6.45, 7) is 3.43. The van der Waals surface area contributed by atoms with Gasteiger partial charge in [-0.25, -0.2) is 13.8 Å². The second-order valence-corrected chi connectivity index (χ2v) is 4.33. The molecule has 2 rings (SSSR count). The van der Waals surface area contributed by atoms with E-state index in [-0.39, 0.29) is 17.2 Å². The number of hydrogen-bond acceptors (Lipinski definition) is 5. The number of rotatable bonds is 3. The van der Waals surface area contributed by atoms with Crippen molar-refractivity contribution in [2.75, 3.05) is 17.7 Å². The smallest absolute Gasteiger partial charge is 0.258 e. The van der Waals surface area contributed by atoms with Gasteiger partial charge >= 0.3 is 0 Å². The number of amides is 1. The molecule has 0 saturated heterocycles. The Morgan fingerprint density at radius 3 is 2.24 bits per heavy atom. The summed E-state index contributed by atoms with van der Waals surface area (Å²) in [5, 5.41) is 12.2. The second kappa shape index (κ2) is 5.78. The lowest BCUT2D eigenvalue weighted by Crippen LogP contribution is -2.16. The van der Waals surface area contributed by atoms with E-state index in [0.29, 0.717) is 11.4 Å². The highest BCUT2D eigenvalue weighted by Gasteiger charge is 2.15. The Morgan fingerprint density at radius 2 is 1.71 bits per heavy atom. The van der Waals surface area contributed by atoms with Crippen molar-refractivity contribution in [2.24, 2.45) is 0 Å². The molecule has 0 aliphatic carbocycles. The Kier molecular flexibility index (Phi) is 4.06. The van der Waals surface area contributed by atoms with Crippen LogP contribution in [0.4, 0.5) is 20.4 Å². The Morgan fingerprint density at radius 1 is 1.10 bits per heavy atom. The summed E-state index contributed by atoms with van der Waals surface area (Å²) in [4.78, 5) is 16.0. The summed E-state index contributed by atoms with van der Waals surface area (Å²) < 4.78 is 27.2. The molecule has 0 aliphatic rings. The molecule has 0 fully saturated rings. The molecular formula is C13H13F2N5O. The molecule has 2 N–H and O–H groups in total. The average molecular weight is 293 g/mol. The van der Waals surface area contributed by atoms with Crippen molar-refractivity contribution < 1.29 is 13.6 Å². The highest BCUT2D eigenvalue weighted by molar-refractivity contribution is 6.03. The van der Waals surface area contributed by atoms with Crippen LogP contribution in [0.1, 0.15) is 21.7 Å². The Balaban J connectivity index is 2.26. The quantitative estimate of drug-likeness (QED) is 0.905. The molecule has 0 saturated carbocycles. The molecule has 0 radical (unpaired) electrons. The van der Waals surface area contributed by atoms with E-state index in [2.05, 4.69) is 25.8 Å². The van der Waals surface area contributed by atoms with Gasteiger partial charge in [-0.1, -0.05) is 0 Å². The summed E-state index contributed by atoms with van der Waals surface area (Å²) in [5.41, 5.74) is 0.758. The van der Waals surface area contributed by atoms with E-state index in [0.717, 1.165) is 12.1 Å². The maximum Gasteiger partial charge on any atom is 0.258 e. The fourth-order valence-corrected chi connectivity index (χ4v) is 1.63. The first kappa shape index (κ1) is 14.8. The topological polar surface area (TPSA) is 79.8 Å². The highest BCUT2D eigenvalue weighted by Crippen LogP contribution is 2.20. The van der Waals surface area contributed by atoms with Gasteiger partial charge in [-0.05, 0) is 26.0 Å². The predicted octanol–water partition coefficient (Wildman–Crippen LogP) is 2.06. The minimum atomic E-state index is -0.859. The van der Waals surface area contributed by atoms with Crippen LogP contribution in [0.2, 0.25) is 0 Å². The molecule has 1 heterocycles. The van der Waals surface area contributed by atoms with Crippen LogP contribution in [0.15, 0.2) is 12.1 Å². The Bertz CT molecular complexity index is 682. The van der Waals surface area contributed by atoms with Crippen molar-refractivity contribution in [1.29, 1.82) is 0 Å². The first-order chi connectivity index (χ1) is 9.92. The van der Waals surface area contributed by atoms with E-state index in [9.17, 15) is 13.6 Å². The first-order valence-electron chi connectivity index (χ1n) is 6.08. The van der Waals surface area contributed by atoms with Crippen LogP contribution in [-0.4, -0.2) is 28.1 Å². The van der Waals surface area contributed by atoms with Crippen molar-refractivity contribution in [2.45, 2.75) is 13.8 Å². The van der Waals surface area contributed by atoms with Crippen molar-refractivity contribution in [3.63, 3.8) is 0 Å². The first-order valence-corrected chi connectivity index (χ1v) is 6.08. The van der Waals surface area contributed by atoms with Crippen LogP contribution in [0.25, 0.3) is 0 Å². The van der Waals surface area contributed by atoms with Gasteiger partial charge in [0.15, 0.2) is 0 Å². The number of carbonyl (C=O) groups excluding carboxylic acids is 1. The molecule has 0 unspecified atom stereocenters. The van der Waals surface area contributed by atoms with Crippen LogP contribution in [0.5, 0.6) is 0 Å².